The molecular formula is C13H20N4O2. The van der Waals surface area contributed by atoms with Crippen molar-refractivity contribution < 1.29 is 9.59 Å². The Balaban J connectivity index is 2.50. The first-order chi connectivity index (χ1) is 8.79. The van der Waals surface area contributed by atoms with Gasteiger partial charge >= 0.3 is 0 Å². The molecule has 0 spiro atoms. The number of nitrogens with zero attached hydrogens (tertiary/aromatic N) is 1. The second-order valence-corrected chi connectivity index (χ2v) is 5.24. The number of hydrogen-bond acceptors (Lipinski definition) is 4. The van der Waals surface area contributed by atoms with Crippen molar-refractivity contribution in [2.24, 2.45) is 5.73 Å². The van der Waals surface area contributed by atoms with E-state index in [9.17, 15) is 9.59 Å². The van der Waals surface area contributed by atoms with Crippen LogP contribution in [0.25, 0.3) is 0 Å². The predicted molar refractivity (Wildman–Crippen MR) is 73.8 cm³/mol. The van der Waals surface area contributed by atoms with Crippen LogP contribution in [0.3, 0.4) is 0 Å². The molecule has 0 aliphatic rings. The minimum atomic E-state index is -0.547. The van der Waals surface area contributed by atoms with Gasteiger partial charge in [-0.25, -0.2) is 4.98 Å². The lowest BCUT2D eigenvalue weighted by Gasteiger charge is -2.20. The van der Waals surface area contributed by atoms with Crippen LogP contribution in [-0.4, -0.2) is 28.9 Å². The Morgan fingerprint density at radius 3 is 2.63 bits per heavy atom. The second kappa shape index (κ2) is 6.17. The summed E-state index contributed by atoms with van der Waals surface area (Å²) in [4.78, 5) is 26.8. The maximum absolute atomic E-state index is 11.6. The highest BCUT2D eigenvalue weighted by Crippen LogP contribution is 2.10. The maximum atomic E-state index is 11.6. The largest absolute Gasteiger partial charge is 0.369 e. The number of carbonyl (C=O) groups excluding carboxylic acids is 2. The number of amides is 2. The van der Waals surface area contributed by atoms with Gasteiger partial charge in [-0.3, -0.25) is 9.59 Å². The zero-order chi connectivity index (χ0) is 14.5. The number of nitrogens with one attached hydrogen (secondary N) is 2. The van der Waals surface area contributed by atoms with E-state index in [1.807, 2.05) is 20.8 Å². The molecule has 0 unspecified atom stereocenters. The van der Waals surface area contributed by atoms with E-state index in [1.165, 1.54) is 0 Å². The summed E-state index contributed by atoms with van der Waals surface area (Å²) in [6.07, 6.45) is 1.86. The summed E-state index contributed by atoms with van der Waals surface area (Å²) in [7, 11) is 0. The van der Waals surface area contributed by atoms with Gasteiger partial charge < -0.3 is 16.4 Å². The lowest BCUT2D eigenvalue weighted by atomic mass is 10.1. The van der Waals surface area contributed by atoms with Crippen LogP contribution >= 0.6 is 0 Å². The number of anilines is 1. The number of primary amides is 1. The Hall–Kier alpha value is -2.11. The average Bonchev–Trinajstić information content (AvgIpc) is 2.27. The van der Waals surface area contributed by atoms with Crippen LogP contribution in [0.2, 0.25) is 0 Å². The second-order valence-electron chi connectivity index (χ2n) is 5.24. The Bertz CT molecular complexity index is 466. The fraction of sp³-hybridized carbons (Fsp3) is 0.462. The number of nitrogens with two attached hydrogens (primary N) is 1. The van der Waals surface area contributed by atoms with Crippen molar-refractivity contribution in [3.63, 3.8) is 0 Å². The molecule has 104 valence electrons. The van der Waals surface area contributed by atoms with Gasteiger partial charge in [0.25, 0.3) is 5.91 Å². The lowest BCUT2D eigenvalue weighted by Crippen LogP contribution is -2.41. The third-order valence-electron chi connectivity index (χ3n) is 2.23. The van der Waals surface area contributed by atoms with E-state index in [2.05, 4.69) is 15.6 Å². The molecule has 1 aromatic rings. The number of pyridine rings is 1. The van der Waals surface area contributed by atoms with Crippen LogP contribution in [0.4, 0.5) is 5.82 Å². The fourth-order valence-electron chi connectivity index (χ4n) is 1.52. The summed E-state index contributed by atoms with van der Waals surface area (Å²) in [6.45, 7) is 6.14. The molecule has 0 radical (unpaired) electrons. The van der Waals surface area contributed by atoms with Crippen LogP contribution in [0, 0.1) is 0 Å². The molecule has 4 N–H and O–H groups in total. The standard InChI is InChI=1S/C13H20N4O2/c1-13(2,3)17-10(18)6-8-16-12-9(11(14)19)5-4-7-15-12/h4-5,7H,6,8H2,1-3H3,(H2,14,19)(H,15,16)(H,17,18). The first-order valence-electron chi connectivity index (χ1n) is 6.09. The molecule has 0 aliphatic heterocycles. The quantitative estimate of drug-likeness (QED) is 0.736. The minimum absolute atomic E-state index is 0.0587. The molecule has 0 aromatic carbocycles. The lowest BCUT2D eigenvalue weighted by molar-refractivity contribution is -0.122. The first-order valence-corrected chi connectivity index (χ1v) is 6.09. The third-order valence-corrected chi connectivity index (χ3v) is 2.23. The van der Waals surface area contributed by atoms with Gasteiger partial charge in [0.15, 0.2) is 0 Å². The highest BCUT2D eigenvalue weighted by molar-refractivity contribution is 5.97. The van der Waals surface area contributed by atoms with Crippen molar-refractivity contribution in [1.82, 2.24) is 10.3 Å². The zero-order valence-electron chi connectivity index (χ0n) is 11.5. The molecule has 1 aromatic heterocycles. The summed E-state index contributed by atoms with van der Waals surface area (Å²) in [6, 6.07) is 3.23. The molecule has 0 saturated carbocycles. The van der Waals surface area contributed by atoms with Crippen molar-refractivity contribution in [1.29, 1.82) is 0 Å². The van der Waals surface area contributed by atoms with E-state index in [0.717, 1.165) is 0 Å². The predicted octanol–water partition coefficient (Wildman–Crippen LogP) is 0.897. The SMILES string of the molecule is CC(C)(C)NC(=O)CCNc1ncccc1C(N)=O. The molecule has 6 heteroatoms. The van der Waals surface area contributed by atoms with Crippen molar-refractivity contribution >= 4 is 17.6 Å². The molecule has 2 amide bonds. The minimum Gasteiger partial charge on any atom is -0.369 e. The molecule has 1 rings (SSSR count). The van der Waals surface area contributed by atoms with E-state index in [0.29, 0.717) is 24.3 Å². The Morgan fingerprint density at radius 2 is 2.05 bits per heavy atom. The van der Waals surface area contributed by atoms with Gasteiger partial charge in [-0.2, -0.15) is 0 Å². The van der Waals surface area contributed by atoms with Gasteiger partial charge in [0.05, 0.1) is 5.56 Å². The molecule has 0 saturated heterocycles. The van der Waals surface area contributed by atoms with Crippen LogP contribution in [0.15, 0.2) is 18.3 Å². The molecule has 0 atom stereocenters. The van der Waals surface area contributed by atoms with Crippen molar-refractivity contribution in [2.45, 2.75) is 32.7 Å². The van der Waals surface area contributed by atoms with Crippen molar-refractivity contribution in [3.05, 3.63) is 23.9 Å². The first kappa shape index (κ1) is 14.9. The normalized spacial score (nSPS) is 10.9. The molecule has 6 nitrogen and oxygen atoms in total. The van der Waals surface area contributed by atoms with E-state index >= 15 is 0 Å². The topological polar surface area (TPSA) is 97.1 Å². The van der Waals surface area contributed by atoms with Gasteiger partial charge in [-0.15, -0.1) is 0 Å². The highest BCUT2D eigenvalue weighted by atomic mass is 16.2. The van der Waals surface area contributed by atoms with Crippen molar-refractivity contribution in [3.8, 4) is 0 Å². The van der Waals surface area contributed by atoms with Crippen LogP contribution < -0.4 is 16.4 Å². The zero-order valence-corrected chi connectivity index (χ0v) is 11.5. The van der Waals surface area contributed by atoms with E-state index in [4.69, 9.17) is 5.73 Å². The van der Waals surface area contributed by atoms with E-state index < -0.39 is 5.91 Å². The molecule has 0 aliphatic carbocycles. The van der Waals surface area contributed by atoms with E-state index in [-0.39, 0.29) is 11.4 Å². The van der Waals surface area contributed by atoms with Gasteiger partial charge in [0, 0.05) is 24.7 Å². The van der Waals surface area contributed by atoms with Crippen LogP contribution in [0.5, 0.6) is 0 Å². The Kier molecular flexibility index (Phi) is 4.86. The number of rotatable bonds is 5. The third kappa shape index (κ3) is 5.37. The fourth-order valence-corrected chi connectivity index (χ4v) is 1.52. The van der Waals surface area contributed by atoms with Gasteiger partial charge in [-0.1, -0.05) is 0 Å². The molecule has 0 fully saturated rings. The summed E-state index contributed by atoms with van der Waals surface area (Å²) < 4.78 is 0. The molecular weight excluding hydrogens is 244 g/mol. The van der Waals surface area contributed by atoms with Crippen molar-refractivity contribution in [2.75, 3.05) is 11.9 Å². The summed E-state index contributed by atoms with van der Waals surface area (Å²) in [5, 5.41) is 5.79. The average molecular weight is 264 g/mol. The molecule has 19 heavy (non-hydrogen) atoms. The monoisotopic (exact) mass is 264 g/mol. The Labute approximate surface area is 112 Å². The van der Waals surface area contributed by atoms with Gasteiger partial charge in [0.1, 0.15) is 5.82 Å². The Morgan fingerprint density at radius 1 is 1.37 bits per heavy atom. The summed E-state index contributed by atoms with van der Waals surface area (Å²) in [5.74, 6) is -0.204. The number of aromatic nitrogens is 1. The summed E-state index contributed by atoms with van der Waals surface area (Å²) >= 11 is 0. The maximum Gasteiger partial charge on any atom is 0.252 e. The number of carbonyl (C=O) groups is 2. The number of hydrogen-bond donors (Lipinski definition) is 3. The molecule has 0 bridgehead atoms. The van der Waals surface area contributed by atoms with E-state index in [1.54, 1.807) is 18.3 Å². The van der Waals surface area contributed by atoms with Crippen LogP contribution in [-0.2, 0) is 4.79 Å². The highest BCUT2D eigenvalue weighted by Gasteiger charge is 2.13. The summed E-state index contributed by atoms with van der Waals surface area (Å²) in [5.41, 5.74) is 5.30. The van der Waals surface area contributed by atoms with Gasteiger partial charge in [0.2, 0.25) is 5.91 Å². The van der Waals surface area contributed by atoms with Gasteiger partial charge in [-0.05, 0) is 32.9 Å². The van der Waals surface area contributed by atoms with Crippen LogP contribution in [0.1, 0.15) is 37.6 Å². The molecule has 1 heterocycles. The smallest absolute Gasteiger partial charge is 0.252 e.